The first kappa shape index (κ1) is 18.5. The Bertz CT molecular complexity index is 1190. The van der Waals surface area contributed by atoms with E-state index in [0.29, 0.717) is 17.9 Å². The highest BCUT2D eigenvalue weighted by molar-refractivity contribution is 6.12. The van der Waals surface area contributed by atoms with E-state index in [2.05, 4.69) is 16.4 Å². The fraction of sp³-hybridized carbons (Fsp3) is 0.250. The number of nitrogens with zero attached hydrogens (tertiary/aromatic N) is 1. The molecule has 1 aliphatic heterocycles. The molecule has 2 aliphatic rings. The number of ketones is 1. The van der Waals surface area contributed by atoms with E-state index in [0.717, 1.165) is 51.7 Å². The number of phenols is 1. The number of carbonyl (C=O) groups is 1. The maximum atomic E-state index is 13.1. The van der Waals surface area contributed by atoms with E-state index in [9.17, 15) is 9.90 Å². The normalized spacial score (nSPS) is 17.9. The Balaban J connectivity index is 1.76. The summed E-state index contributed by atoms with van der Waals surface area (Å²) in [7, 11) is 2.99. The summed E-state index contributed by atoms with van der Waals surface area (Å²) in [4.78, 5) is 17.6. The summed E-state index contributed by atoms with van der Waals surface area (Å²) in [5, 5.41) is 14.9. The van der Waals surface area contributed by atoms with Gasteiger partial charge in [0, 0.05) is 34.8 Å². The van der Waals surface area contributed by atoms with Gasteiger partial charge in [0.05, 0.1) is 25.8 Å². The highest BCUT2D eigenvalue weighted by Gasteiger charge is 2.35. The van der Waals surface area contributed by atoms with Crippen molar-refractivity contribution >= 4 is 27.9 Å². The van der Waals surface area contributed by atoms with Crippen LogP contribution in [0.5, 0.6) is 17.2 Å². The summed E-state index contributed by atoms with van der Waals surface area (Å²) >= 11 is 0. The topological polar surface area (TPSA) is 80.7 Å². The molecule has 0 saturated carbocycles. The molecule has 2 N–H and O–H groups in total. The highest BCUT2D eigenvalue weighted by atomic mass is 16.5. The standard InChI is InChI=1S/C24H22N2O4/c1-29-19-11-13(12-20(30-2)24(19)28)23-22-15(5-3-7-18(22)27)21-14-6-4-10-25-16(14)8-9-17(21)26-23/h4,6,8-12,23,26,28H,3,5,7H2,1-2H3/t23-/m1/s1. The van der Waals surface area contributed by atoms with Crippen molar-refractivity contribution in [2.45, 2.75) is 25.3 Å². The van der Waals surface area contributed by atoms with Gasteiger partial charge in [-0.1, -0.05) is 6.07 Å². The van der Waals surface area contributed by atoms with Crippen molar-refractivity contribution in [3.8, 4) is 17.2 Å². The lowest BCUT2D eigenvalue weighted by molar-refractivity contribution is -0.116. The molecule has 5 rings (SSSR count). The molecule has 0 radical (unpaired) electrons. The minimum absolute atomic E-state index is 0.0544. The molecule has 0 amide bonds. The van der Waals surface area contributed by atoms with Crippen LogP contribution in [0.4, 0.5) is 5.69 Å². The van der Waals surface area contributed by atoms with Crippen LogP contribution in [0.2, 0.25) is 0 Å². The van der Waals surface area contributed by atoms with Crippen molar-refractivity contribution in [3.63, 3.8) is 0 Å². The molecule has 6 nitrogen and oxygen atoms in total. The van der Waals surface area contributed by atoms with Gasteiger partial charge < -0.3 is 19.9 Å². The number of pyridine rings is 1. The van der Waals surface area contributed by atoms with Crippen LogP contribution in [0.25, 0.3) is 16.5 Å². The number of benzene rings is 2. The van der Waals surface area contributed by atoms with Crippen molar-refractivity contribution in [2.75, 3.05) is 19.5 Å². The quantitative estimate of drug-likeness (QED) is 0.665. The summed E-state index contributed by atoms with van der Waals surface area (Å²) in [6.45, 7) is 0. The zero-order valence-electron chi connectivity index (χ0n) is 16.9. The van der Waals surface area contributed by atoms with Crippen LogP contribution in [0.3, 0.4) is 0 Å². The number of methoxy groups -OCH3 is 2. The van der Waals surface area contributed by atoms with Gasteiger partial charge in [-0.15, -0.1) is 0 Å². The predicted octanol–water partition coefficient (Wildman–Crippen LogP) is 4.63. The molecule has 1 atom stereocenters. The van der Waals surface area contributed by atoms with Gasteiger partial charge in [-0.2, -0.15) is 0 Å². The monoisotopic (exact) mass is 402 g/mol. The lowest BCUT2D eigenvalue weighted by Crippen LogP contribution is -2.27. The summed E-state index contributed by atoms with van der Waals surface area (Å²) in [5.41, 5.74) is 5.61. The van der Waals surface area contributed by atoms with Gasteiger partial charge in [0.25, 0.3) is 0 Å². The van der Waals surface area contributed by atoms with E-state index >= 15 is 0 Å². The average molecular weight is 402 g/mol. The fourth-order valence-corrected chi connectivity index (χ4v) is 4.61. The first-order valence-corrected chi connectivity index (χ1v) is 9.98. The molecule has 0 spiro atoms. The number of aromatic hydroxyl groups is 1. The Morgan fingerprint density at radius 2 is 1.87 bits per heavy atom. The lowest BCUT2D eigenvalue weighted by Gasteiger charge is -2.35. The van der Waals surface area contributed by atoms with Crippen LogP contribution in [0.1, 0.15) is 36.4 Å². The molecule has 1 aliphatic carbocycles. The molecule has 152 valence electrons. The predicted molar refractivity (Wildman–Crippen MR) is 115 cm³/mol. The van der Waals surface area contributed by atoms with Gasteiger partial charge >= 0.3 is 0 Å². The van der Waals surface area contributed by atoms with Crippen LogP contribution in [-0.2, 0) is 4.79 Å². The molecule has 6 heteroatoms. The van der Waals surface area contributed by atoms with Crippen molar-refractivity contribution in [2.24, 2.45) is 0 Å². The second-order valence-electron chi connectivity index (χ2n) is 7.58. The zero-order chi connectivity index (χ0) is 20.8. The lowest BCUT2D eigenvalue weighted by atomic mass is 9.77. The highest BCUT2D eigenvalue weighted by Crippen LogP contribution is 2.49. The Morgan fingerprint density at radius 3 is 2.60 bits per heavy atom. The maximum absolute atomic E-state index is 13.1. The first-order chi connectivity index (χ1) is 14.6. The zero-order valence-corrected chi connectivity index (χ0v) is 16.9. The van der Waals surface area contributed by atoms with E-state index in [4.69, 9.17) is 9.47 Å². The molecule has 0 unspecified atom stereocenters. The molecule has 0 fully saturated rings. The number of ether oxygens (including phenoxy) is 2. The number of fused-ring (bicyclic) bond motifs is 4. The number of Topliss-reactive ketones (excluding diaryl/α,β-unsaturated/α-hetero) is 1. The molecule has 3 aromatic rings. The second-order valence-corrected chi connectivity index (χ2v) is 7.58. The van der Waals surface area contributed by atoms with E-state index in [1.807, 2.05) is 18.2 Å². The molecule has 30 heavy (non-hydrogen) atoms. The van der Waals surface area contributed by atoms with Crippen LogP contribution in [0, 0.1) is 0 Å². The van der Waals surface area contributed by atoms with Crippen molar-refractivity contribution in [3.05, 3.63) is 59.3 Å². The summed E-state index contributed by atoms with van der Waals surface area (Å²) in [6, 6.07) is 11.2. The SMILES string of the molecule is COc1cc([C@H]2Nc3ccc4ncccc4c3C3=C2C(=O)CCC3)cc(OC)c1O. The van der Waals surface area contributed by atoms with Gasteiger partial charge in [0.15, 0.2) is 17.3 Å². The first-order valence-electron chi connectivity index (χ1n) is 9.98. The van der Waals surface area contributed by atoms with Gasteiger partial charge in [-0.05, 0) is 54.3 Å². The Morgan fingerprint density at radius 1 is 1.10 bits per heavy atom. The maximum Gasteiger partial charge on any atom is 0.200 e. The van der Waals surface area contributed by atoms with Crippen LogP contribution >= 0.6 is 0 Å². The summed E-state index contributed by atoms with van der Waals surface area (Å²) < 4.78 is 10.7. The van der Waals surface area contributed by atoms with Crippen molar-refractivity contribution in [1.82, 2.24) is 4.98 Å². The second kappa shape index (κ2) is 7.06. The number of nitrogens with one attached hydrogen (secondary N) is 1. The van der Waals surface area contributed by atoms with Gasteiger partial charge in [0.1, 0.15) is 0 Å². The molecule has 1 aromatic heterocycles. The van der Waals surface area contributed by atoms with Crippen LogP contribution in [0.15, 0.2) is 48.2 Å². The van der Waals surface area contributed by atoms with Crippen molar-refractivity contribution < 1.29 is 19.4 Å². The van der Waals surface area contributed by atoms with Gasteiger partial charge in [0.2, 0.25) is 5.75 Å². The molecule has 0 bridgehead atoms. The Kier molecular flexibility index (Phi) is 4.35. The Labute approximate surface area is 174 Å². The molecule has 2 aromatic carbocycles. The third-order valence-electron chi connectivity index (χ3n) is 5.97. The number of allylic oxidation sites excluding steroid dienone is 1. The van der Waals surface area contributed by atoms with Gasteiger partial charge in [-0.25, -0.2) is 0 Å². The number of hydrogen-bond acceptors (Lipinski definition) is 6. The van der Waals surface area contributed by atoms with Crippen LogP contribution < -0.4 is 14.8 Å². The van der Waals surface area contributed by atoms with E-state index < -0.39 is 0 Å². The molecule has 0 saturated heterocycles. The number of aromatic nitrogens is 1. The number of anilines is 1. The molecular formula is C24H22N2O4. The number of carbonyl (C=O) groups excluding carboxylic acids is 1. The fourth-order valence-electron chi connectivity index (χ4n) is 4.61. The third-order valence-corrected chi connectivity index (χ3v) is 5.97. The van der Waals surface area contributed by atoms with E-state index in [1.165, 1.54) is 14.2 Å². The summed E-state index contributed by atoms with van der Waals surface area (Å²) in [6.07, 6.45) is 3.99. The van der Waals surface area contributed by atoms with Crippen molar-refractivity contribution in [1.29, 1.82) is 0 Å². The minimum Gasteiger partial charge on any atom is -0.502 e. The number of hydrogen-bond donors (Lipinski definition) is 2. The third kappa shape index (κ3) is 2.71. The van der Waals surface area contributed by atoms with E-state index in [-0.39, 0.29) is 17.6 Å². The largest absolute Gasteiger partial charge is 0.502 e. The summed E-state index contributed by atoms with van der Waals surface area (Å²) in [5.74, 6) is 0.711. The van der Waals surface area contributed by atoms with Gasteiger partial charge in [-0.3, -0.25) is 9.78 Å². The molecule has 2 heterocycles. The molecular weight excluding hydrogens is 380 g/mol. The minimum atomic E-state index is -0.349. The van der Waals surface area contributed by atoms with E-state index in [1.54, 1.807) is 18.3 Å². The average Bonchev–Trinajstić information content (AvgIpc) is 2.78. The number of rotatable bonds is 3. The van der Waals surface area contributed by atoms with Crippen LogP contribution in [-0.4, -0.2) is 30.1 Å². The Hall–Kier alpha value is -3.54. The smallest absolute Gasteiger partial charge is 0.200 e. The number of phenolic OH excluding ortho intramolecular Hbond substituents is 1.